The first-order chi connectivity index (χ1) is 6.47. The molecule has 1 unspecified atom stereocenters. The van der Waals surface area contributed by atoms with Crippen molar-refractivity contribution >= 4 is 35.5 Å². The second-order valence-corrected chi connectivity index (χ2v) is 8.31. The Kier molecular flexibility index (Phi) is 7.32. The van der Waals surface area contributed by atoms with Crippen LogP contribution in [-0.4, -0.2) is 19.5 Å². The summed E-state index contributed by atoms with van der Waals surface area (Å²) in [6.45, 7) is 7.17. The summed E-state index contributed by atoms with van der Waals surface area (Å²) in [6.07, 6.45) is 1.61. The van der Waals surface area contributed by atoms with Gasteiger partial charge >= 0.3 is 5.97 Å². The Morgan fingerprint density at radius 1 is 1.57 bits per heavy atom. The van der Waals surface area contributed by atoms with Gasteiger partial charge in [0, 0.05) is 11.6 Å². The van der Waals surface area contributed by atoms with E-state index in [2.05, 4.69) is 6.58 Å². The van der Waals surface area contributed by atoms with Gasteiger partial charge in [-0.1, -0.05) is 19.9 Å². The van der Waals surface area contributed by atoms with Gasteiger partial charge in [-0.15, -0.1) is 0 Å². The Hall–Kier alpha value is 0.00688. The van der Waals surface area contributed by atoms with E-state index >= 15 is 0 Å². The van der Waals surface area contributed by atoms with Crippen molar-refractivity contribution in [2.75, 3.05) is 0 Å². The zero-order valence-corrected chi connectivity index (χ0v) is 11.2. The minimum absolute atomic E-state index is 0.143. The summed E-state index contributed by atoms with van der Waals surface area (Å²) in [5, 5.41) is 0. The average Bonchev–Trinajstić information content (AvgIpc) is 2.02. The maximum absolute atomic E-state index is 11.2. The van der Waals surface area contributed by atoms with Crippen molar-refractivity contribution in [1.82, 2.24) is 0 Å². The number of carbonyl (C=O) groups is 1. The molecule has 0 amide bonds. The summed E-state index contributed by atoms with van der Waals surface area (Å²) >= 11 is 11.5. The molecule has 0 heterocycles. The first-order valence-electron chi connectivity index (χ1n) is 4.62. The van der Waals surface area contributed by atoms with Crippen molar-refractivity contribution in [3.8, 4) is 0 Å². The summed E-state index contributed by atoms with van der Waals surface area (Å²) in [4.78, 5) is 11.2. The molecule has 0 saturated carbocycles. The molecule has 0 N–H and O–H groups in total. The van der Waals surface area contributed by atoms with E-state index in [4.69, 9.17) is 26.9 Å². The zero-order valence-electron chi connectivity index (χ0n) is 8.56. The lowest BCUT2D eigenvalue weighted by Gasteiger charge is -2.17. The Morgan fingerprint density at radius 2 is 2.14 bits per heavy atom. The summed E-state index contributed by atoms with van der Waals surface area (Å²) < 4.78 is 5.19. The van der Waals surface area contributed by atoms with Crippen LogP contribution in [0.3, 0.4) is 0 Å². The van der Waals surface area contributed by atoms with E-state index in [0.717, 1.165) is 12.8 Å². The quantitative estimate of drug-likeness (QED) is 0.315. The molecule has 0 spiro atoms. The van der Waals surface area contributed by atoms with Crippen LogP contribution < -0.4 is 0 Å². The Morgan fingerprint density at radius 3 is 2.50 bits per heavy atom. The van der Waals surface area contributed by atoms with E-state index < -0.39 is 7.42 Å². The van der Waals surface area contributed by atoms with Gasteiger partial charge < -0.3 is 4.74 Å². The van der Waals surface area contributed by atoms with E-state index in [1.54, 1.807) is 6.92 Å². The second-order valence-electron chi connectivity index (χ2n) is 3.22. The number of rotatable bonds is 6. The van der Waals surface area contributed by atoms with Gasteiger partial charge in [-0.2, -0.15) is 22.2 Å². The average molecular weight is 255 g/mol. The van der Waals surface area contributed by atoms with E-state index in [0.29, 0.717) is 11.6 Å². The predicted molar refractivity (Wildman–Crippen MR) is 63.3 cm³/mol. The van der Waals surface area contributed by atoms with Crippen LogP contribution >= 0.6 is 22.2 Å². The minimum atomic E-state index is -1.71. The normalized spacial score (nSPS) is 12.6. The first kappa shape index (κ1) is 14.0. The largest absolute Gasteiger partial charge is 0.459 e. The lowest BCUT2D eigenvalue weighted by Crippen LogP contribution is -2.21. The third-order valence-electron chi connectivity index (χ3n) is 1.67. The fourth-order valence-corrected chi connectivity index (χ4v) is 2.92. The molecule has 0 bridgehead atoms. The number of hydrogen-bond donors (Lipinski definition) is 0. The molecule has 14 heavy (non-hydrogen) atoms. The molecular formula is C9H16Cl2O2Si. The van der Waals surface area contributed by atoms with Crippen LogP contribution in [0, 0.1) is 0 Å². The van der Waals surface area contributed by atoms with Gasteiger partial charge in [0.25, 0.3) is 0 Å². The summed E-state index contributed by atoms with van der Waals surface area (Å²) in [5.41, 5.74) is 0.411. The van der Waals surface area contributed by atoms with Crippen LogP contribution in [0.25, 0.3) is 0 Å². The lowest BCUT2D eigenvalue weighted by atomic mass is 10.2. The highest BCUT2D eigenvalue weighted by atomic mass is 35.7. The molecule has 0 aromatic rings. The fraction of sp³-hybridized carbons (Fsp3) is 0.667. The SMILES string of the molecule is C=C(C)C(=O)OC(CCC)C[SiH](Cl)Cl. The van der Waals surface area contributed by atoms with E-state index in [1.807, 2.05) is 6.92 Å². The summed E-state index contributed by atoms with van der Waals surface area (Å²) in [7, 11) is -1.71. The van der Waals surface area contributed by atoms with Crippen LogP contribution in [0.1, 0.15) is 26.7 Å². The molecule has 0 saturated heterocycles. The van der Waals surface area contributed by atoms with Gasteiger partial charge in [0.15, 0.2) is 0 Å². The molecule has 0 fully saturated rings. The second kappa shape index (κ2) is 7.32. The molecule has 0 aliphatic carbocycles. The summed E-state index contributed by atoms with van der Waals surface area (Å²) in [5.74, 6) is -0.355. The van der Waals surface area contributed by atoms with Crippen LogP contribution in [0.15, 0.2) is 12.2 Å². The molecule has 0 radical (unpaired) electrons. The molecule has 0 aromatic heterocycles. The Balaban J connectivity index is 4.08. The van der Waals surface area contributed by atoms with Gasteiger partial charge in [0.1, 0.15) is 6.10 Å². The highest BCUT2D eigenvalue weighted by molar-refractivity contribution is 7.33. The number of esters is 1. The first-order valence-corrected chi connectivity index (χ1v) is 8.92. The topological polar surface area (TPSA) is 26.3 Å². The maximum atomic E-state index is 11.2. The molecular weight excluding hydrogens is 239 g/mol. The van der Waals surface area contributed by atoms with Crippen LogP contribution in [0.5, 0.6) is 0 Å². The molecule has 0 aliphatic heterocycles. The Bertz CT molecular complexity index is 207. The van der Waals surface area contributed by atoms with Crippen molar-refractivity contribution < 1.29 is 9.53 Å². The van der Waals surface area contributed by atoms with Crippen molar-refractivity contribution in [2.45, 2.75) is 38.8 Å². The van der Waals surface area contributed by atoms with Gasteiger partial charge in [0.05, 0.1) is 0 Å². The molecule has 0 rings (SSSR count). The van der Waals surface area contributed by atoms with Crippen LogP contribution in [0.2, 0.25) is 6.04 Å². The van der Waals surface area contributed by atoms with Crippen molar-refractivity contribution in [2.24, 2.45) is 0 Å². The molecule has 5 heteroatoms. The van der Waals surface area contributed by atoms with Gasteiger partial charge in [-0.25, -0.2) is 4.79 Å². The number of ether oxygens (including phenoxy) is 1. The number of halogens is 2. The van der Waals surface area contributed by atoms with Crippen LogP contribution in [0.4, 0.5) is 0 Å². The minimum Gasteiger partial charge on any atom is -0.459 e. The molecule has 82 valence electrons. The summed E-state index contributed by atoms with van der Waals surface area (Å²) in [6, 6.07) is 0.607. The van der Waals surface area contributed by atoms with E-state index in [-0.39, 0.29) is 12.1 Å². The third kappa shape index (κ3) is 6.46. The maximum Gasteiger partial charge on any atom is 0.333 e. The molecule has 0 aliphatic rings. The highest BCUT2D eigenvalue weighted by Gasteiger charge is 2.18. The van der Waals surface area contributed by atoms with Gasteiger partial charge in [-0.05, 0) is 13.3 Å². The third-order valence-corrected chi connectivity index (χ3v) is 3.63. The van der Waals surface area contributed by atoms with E-state index in [1.165, 1.54) is 0 Å². The Labute approximate surface area is 96.2 Å². The monoisotopic (exact) mass is 254 g/mol. The van der Waals surface area contributed by atoms with E-state index in [9.17, 15) is 4.79 Å². The smallest absolute Gasteiger partial charge is 0.333 e. The fourth-order valence-electron chi connectivity index (χ4n) is 0.998. The number of hydrogen-bond acceptors (Lipinski definition) is 2. The molecule has 1 atom stereocenters. The zero-order chi connectivity index (χ0) is 11.1. The molecule has 0 aromatic carbocycles. The highest BCUT2D eigenvalue weighted by Crippen LogP contribution is 2.15. The van der Waals surface area contributed by atoms with Crippen molar-refractivity contribution in [3.05, 3.63) is 12.2 Å². The predicted octanol–water partition coefficient (Wildman–Crippen LogP) is 2.97. The van der Waals surface area contributed by atoms with Gasteiger partial charge in [0.2, 0.25) is 7.42 Å². The standard InChI is InChI=1S/C9H16Cl2O2Si/c1-4-5-8(6-14(10)11)13-9(12)7(2)3/h8,14H,2,4-6H2,1,3H3. The lowest BCUT2D eigenvalue weighted by molar-refractivity contribution is -0.143. The van der Waals surface area contributed by atoms with Gasteiger partial charge in [-0.3, -0.25) is 0 Å². The van der Waals surface area contributed by atoms with Crippen molar-refractivity contribution in [1.29, 1.82) is 0 Å². The molecule has 2 nitrogen and oxygen atoms in total. The van der Waals surface area contributed by atoms with Crippen LogP contribution in [-0.2, 0) is 9.53 Å². The van der Waals surface area contributed by atoms with Crippen molar-refractivity contribution in [3.63, 3.8) is 0 Å². The number of carbonyl (C=O) groups excluding carboxylic acids is 1.